The van der Waals surface area contributed by atoms with Crippen LogP contribution in [0.25, 0.3) is 0 Å². The Morgan fingerprint density at radius 2 is 1.51 bits per heavy atom. The molecule has 0 bridgehead atoms. The maximum absolute atomic E-state index is 12.9. The fourth-order valence-electron chi connectivity index (χ4n) is 4.87. The Bertz CT molecular complexity index is 1130. The largest absolute Gasteiger partial charge is 1.00 e. The van der Waals surface area contributed by atoms with Crippen molar-refractivity contribution >= 4 is 22.9 Å². The quantitative estimate of drug-likeness (QED) is 0.127. The van der Waals surface area contributed by atoms with Crippen molar-refractivity contribution in [2.75, 3.05) is 19.0 Å². The van der Waals surface area contributed by atoms with Crippen LogP contribution in [0.4, 0.5) is 5.69 Å². The number of nitrogens with zero attached hydrogens (tertiary/aromatic N) is 1. The number of hydrogen-bond acceptors (Lipinski definition) is 4. The number of hydrogen-bond donors (Lipinski definition) is 1. The van der Waals surface area contributed by atoms with Gasteiger partial charge in [0.1, 0.15) is 11.5 Å². The van der Waals surface area contributed by atoms with Crippen molar-refractivity contribution in [1.82, 2.24) is 0 Å². The molecule has 2 aromatic carbocycles. The van der Waals surface area contributed by atoms with Crippen LogP contribution in [0.5, 0.6) is 11.5 Å². The summed E-state index contributed by atoms with van der Waals surface area (Å²) < 4.78 is 13.8. The molecule has 0 radical (unpaired) electrons. The first kappa shape index (κ1) is 34.8. The summed E-state index contributed by atoms with van der Waals surface area (Å²) >= 11 is 1.74. The fraction of sp³-hybridized carbons (Fsp3) is 0.529. The normalized spacial score (nSPS) is 10.7. The Hall–Kier alpha value is -2.38. The molecule has 0 fully saturated rings. The zero-order valence-corrected chi connectivity index (χ0v) is 27.7. The number of benzene rings is 2. The summed E-state index contributed by atoms with van der Waals surface area (Å²) in [5, 5.41) is 6.40. The van der Waals surface area contributed by atoms with Gasteiger partial charge in [0.25, 0.3) is 0 Å². The zero-order valence-electron chi connectivity index (χ0n) is 25.3. The molecule has 1 heterocycles. The van der Waals surface area contributed by atoms with E-state index in [1.54, 1.807) is 18.4 Å². The predicted molar refractivity (Wildman–Crippen MR) is 167 cm³/mol. The van der Waals surface area contributed by atoms with E-state index < -0.39 is 0 Å². The van der Waals surface area contributed by atoms with Crippen LogP contribution in [0, 0.1) is 6.92 Å². The number of methoxy groups -OCH3 is 1. The van der Waals surface area contributed by atoms with E-state index in [-0.39, 0.29) is 29.3 Å². The van der Waals surface area contributed by atoms with Crippen molar-refractivity contribution in [3.63, 3.8) is 0 Å². The number of amides is 1. The number of aryl methyl sites for hydroxylation is 1. The third kappa shape index (κ3) is 13.4. The van der Waals surface area contributed by atoms with Crippen LogP contribution in [0.3, 0.4) is 0 Å². The Labute approximate surface area is 262 Å². The molecule has 3 rings (SSSR count). The minimum absolute atomic E-state index is 0. The third-order valence-electron chi connectivity index (χ3n) is 7.36. The van der Waals surface area contributed by atoms with Gasteiger partial charge in [-0.2, -0.15) is 4.57 Å². The molecular weight excluding hydrogens is 596 g/mol. The topological polar surface area (TPSA) is 51.4 Å². The molecule has 1 N–H and O–H groups in total. The van der Waals surface area contributed by atoms with E-state index >= 15 is 0 Å². The lowest BCUT2D eigenvalue weighted by Gasteiger charge is -2.13. The van der Waals surface area contributed by atoms with Crippen LogP contribution in [-0.4, -0.2) is 19.6 Å². The molecule has 0 unspecified atom stereocenters. The van der Waals surface area contributed by atoms with E-state index in [1.807, 2.05) is 30.3 Å². The zero-order chi connectivity index (χ0) is 28.4. The number of ether oxygens (including phenoxy) is 2. The van der Waals surface area contributed by atoms with Gasteiger partial charge in [-0.25, -0.2) is 0 Å². The summed E-state index contributed by atoms with van der Waals surface area (Å²) in [5.41, 5.74) is 2.87. The highest BCUT2D eigenvalue weighted by atomic mass is 79.9. The van der Waals surface area contributed by atoms with Gasteiger partial charge in [-0.1, -0.05) is 107 Å². The summed E-state index contributed by atoms with van der Waals surface area (Å²) in [7, 11) is 1.65. The lowest BCUT2D eigenvalue weighted by Crippen LogP contribution is -3.00. The standard InChI is InChI=1S/C34H48N2O3S.BrH/c1-4-5-6-7-8-9-10-11-12-13-14-15-23-39-33-26-32(38-3)21-18-30(33)25-34(37)35-31-19-16-29(17-20-31)27-36-22-24-40-28(36)2;/h16-22,24,26H,4-15,23,25,27H2,1-3H3;1H. The molecule has 0 saturated carbocycles. The fourth-order valence-corrected chi connectivity index (χ4v) is 5.54. The highest BCUT2D eigenvalue weighted by Gasteiger charge is 2.12. The molecule has 0 spiro atoms. The average molecular weight is 646 g/mol. The molecule has 0 saturated heterocycles. The Balaban J connectivity index is 0.00000588. The number of halogens is 1. The molecule has 0 aliphatic rings. The first-order valence-electron chi connectivity index (χ1n) is 15.2. The molecule has 226 valence electrons. The number of carbonyl (C=O) groups excluding carboxylic acids is 1. The van der Waals surface area contributed by atoms with Gasteiger partial charge in [0, 0.05) is 29.8 Å². The number of anilines is 1. The van der Waals surface area contributed by atoms with E-state index in [1.165, 1.54) is 81.2 Å². The van der Waals surface area contributed by atoms with Gasteiger partial charge in [-0.05, 0) is 24.6 Å². The number of nitrogens with one attached hydrogen (secondary N) is 1. The Morgan fingerprint density at radius 1 is 0.878 bits per heavy atom. The van der Waals surface area contributed by atoms with E-state index in [9.17, 15) is 4.79 Å². The number of carbonyl (C=O) groups is 1. The molecular formula is C34H49BrN2O3S. The molecule has 41 heavy (non-hydrogen) atoms. The van der Waals surface area contributed by atoms with Gasteiger partial charge < -0.3 is 31.8 Å². The summed E-state index contributed by atoms with van der Waals surface area (Å²) in [6.45, 7) is 5.88. The van der Waals surface area contributed by atoms with Gasteiger partial charge in [0.05, 0.1) is 25.5 Å². The molecule has 0 aliphatic heterocycles. The van der Waals surface area contributed by atoms with Gasteiger partial charge >= 0.3 is 0 Å². The smallest absolute Gasteiger partial charge is 0.234 e. The number of aromatic nitrogens is 1. The second-order valence-corrected chi connectivity index (χ2v) is 11.8. The van der Waals surface area contributed by atoms with Crippen LogP contribution < -0.4 is 36.3 Å². The lowest BCUT2D eigenvalue weighted by atomic mass is 10.1. The molecule has 0 atom stereocenters. The predicted octanol–water partition coefficient (Wildman–Crippen LogP) is 5.67. The SMILES string of the molecule is CCCCCCCCCCCCCCOc1cc(OC)ccc1CC(=O)Nc1ccc(C[n+]2ccsc2C)cc1.[Br-]. The molecule has 5 nitrogen and oxygen atoms in total. The summed E-state index contributed by atoms with van der Waals surface area (Å²) in [6, 6.07) is 13.8. The van der Waals surface area contributed by atoms with E-state index in [4.69, 9.17) is 9.47 Å². The van der Waals surface area contributed by atoms with Crippen LogP contribution in [0.1, 0.15) is 100 Å². The highest BCUT2D eigenvalue weighted by Crippen LogP contribution is 2.26. The summed E-state index contributed by atoms with van der Waals surface area (Å²) in [4.78, 5) is 12.9. The average Bonchev–Trinajstić information content (AvgIpc) is 3.36. The Morgan fingerprint density at radius 3 is 2.10 bits per heavy atom. The third-order valence-corrected chi connectivity index (χ3v) is 8.19. The molecule has 1 aromatic heterocycles. The van der Waals surface area contributed by atoms with Gasteiger partial charge in [0.2, 0.25) is 10.9 Å². The van der Waals surface area contributed by atoms with Crippen LogP contribution in [-0.2, 0) is 17.8 Å². The first-order valence-corrected chi connectivity index (χ1v) is 16.1. The molecule has 1 amide bonds. The molecule has 0 aliphatic carbocycles. The summed E-state index contributed by atoms with van der Waals surface area (Å²) in [5.74, 6) is 1.41. The summed E-state index contributed by atoms with van der Waals surface area (Å²) in [6.07, 6.45) is 18.1. The minimum atomic E-state index is -0.0591. The van der Waals surface area contributed by atoms with Crippen molar-refractivity contribution in [3.8, 4) is 11.5 Å². The van der Waals surface area contributed by atoms with Gasteiger partial charge in [-0.3, -0.25) is 4.79 Å². The van der Waals surface area contributed by atoms with E-state index in [0.717, 1.165) is 35.7 Å². The van der Waals surface area contributed by atoms with Crippen LogP contribution >= 0.6 is 11.3 Å². The van der Waals surface area contributed by atoms with Crippen LogP contribution in [0.2, 0.25) is 0 Å². The second-order valence-electron chi connectivity index (χ2n) is 10.7. The molecule has 7 heteroatoms. The van der Waals surface area contributed by atoms with Gasteiger partial charge in [0.15, 0.2) is 12.7 Å². The van der Waals surface area contributed by atoms with Crippen molar-refractivity contribution in [2.24, 2.45) is 0 Å². The Kier molecular flexibility index (Phi) is 17.4. The van der Waals surface area contributed by atoms with Crippen molar-refractivity contribution < 1.29 is 35.8 Å². The monoisotopic (exact) mass is 644 g/mol. The van der Waals surface area contributed by atoms with Crippen molar-refractivity contribution in [3.05, 3.63) is 70.2 Å². The van der Waals surface area contributed by atoms with E-state index in [0.29, 0.717) is 6.61 Å². The number of rotatable bonds is 20. The van der Waals surface area contributed by atoms with E-state index in [2.05, 4.69) is 47.4 Å². The lowest BCUT2D eigenvalue weighted by molar-refractivity contribution is -0.689. The second kappa shape index (κ2) is 20.5. The molecule has 3 aromatic rings. The minimum Gasteiger partial charge on any atom is -1.00 e. The van der Waals surface area contributed by atoms with Crippen molar-refractivity contribution in [1.29, 1.82) is 0 Å². The van der Waals surface area contributed by atoms with Gasteiger partial charge in [-0.15, -0.1) is 0 Å². The first-order chi connectivity index (χ1) is 19.6. The maximum atomic E-state index is 12.9. The maximum Gasteiger partial charge on any atom is 0.234 e. The highest BCUT2D eigenvalue weighted by molar-refractivity contribution is 7.09. The van der Waals surface area contributed by atoms with Crippen LogP contribution in [0.15, 0.2) is 54.0 Å². The van der Waals surface area contributed by atoms with Crippen molar-refractivity contribution in [2.45, 2.75) is 104 Å². The number of thiazole rings is 1. The number of unbranched alkanes of at least 4 members (excludes halogenated alkanes) is 11.